The van der Waals surface area contributed by atoms with Crippen LogP contribution in [0.5, 0.6) is 0 Å². The van der Waals surface area contributed by atoms with Gasteiger partial charge in [0.05, 0.1) is 15.6 Å². The fraction of sp³-hybridized carbons (Fsp3) is 0.0714. The summed E-state index contributed by atoms with van der Waals surface area (Å²) in [4.78, 5) is 21.2. The van der Waals surface area contributed by atoms with E-state index < -0.39 is 16.6 Å². The average molecular weight is 307 g/mol. The maximum absolute atomic E-state index is 11.1. The van der Waals surface area contributed by atoms with Gasteiger partial charge in [-0.1, -0.05) is 23.7 Å². The highest BCUT2D eigenvalue weighted by Crippen LogP contribution is 2.30. The number of benzene rings is 2. The second-order valence-corrected chi connectivity index (χ2v) is 4.76. The summed E-state index contributed by atoms with van der Waals surface area (Å²) < 4.78 is 0. The number of nitrogens with one attached hydrogen (secondary N) is 1. The number of anilines is 2. The molecule has 0 bridgehead atoms. The van der Waals surface area contributed by atoms with Crippen molar-refractivity contribution >= 4 is 34.6 Å². The molecule has 6 nitrogen and oxygen atoms in total. The summed E-state index contributed by atoms with van der Waals surface area (Å²) in [5, 5.41) is 23.3. The van der Waals surface area contributed by atoms with E-state index in [0.717, 1.165) is 11.6 Å². The smallest absolute Gasteiger partial charge is 0.342 e. The molecule has 0 atom stereocenters. The topological polar surface area (TPSA) is 92.5 Å². The Morgan fingerprint density at radius 2 is 2.05 bits per heavy atom. The fourth-order valence-corrected chi connectivity index (χ4v) is 2.15. The number of halogens is 1. The van der Waals surface area contributed by atoms with Gasteiger partial charge in [0.25, 0.3) is 5.69 Å². The zero-order valence-electron chi connectivity index (χ0n) is 11.0. The highest BCUT2D eigenvalue weighted by Gasteiger charge is 2.20. The molecule has 0 saturated heterocycles. The highest BCUT2D eigenvalue weighted by molar-refractivity contribution is 6.33. The Bertz CT molecular complexity index is 711. The van der Waals surface area contributed by atoms with Gasteiger partial charge in [-0.15, -0.1) is 0 Å². The summed E-state index contributed by atoms with van der Waals surface area (Å²) in [7, 11) is 0. The maximum Gasteiger partial charge on any atom is 0.342 e. The first kappa shape index (κ1) is 14.8. The monoisotopic (exact) mass is 306 g/mol. The molecule has 0 fully saturated rings. The lowest BCUT2D eigenvalue weighted by Crippen LogP contribution is -2.04. The van der Waals surface area contributed by atoms with Crippen LogP contribution < -0.4 is 5.32 Å². The molecule has 2 rings (SSSR count). The Labute approximate surface area is 125 Å². The third-order valence-corrected chi connectivity index (χ3v) is 3.23. The van der Waals surface area contributed by atoms with E-state index in [1.54, 1.807) is 12.1 Å². The number of nitro benzene ring substituents is 1. The molecule has 0 aromatic heterocycles. The molecule has 108 valence electrons. The highest BCUT2D eigenvalue weighted by atomic mass is 35.5. The van der Waals surface area contributed by atoms with Gasteiger partial charge in [0.1, 0.15) is 5.56 Å². The van der Waals surface area contributed by atoms with Gasteiger partial charge in [0.2, 0.25) is 0 Å². The van der Waals surface area contributed by atoms with Gasteiger partial charge in [0, 0.05) is 11.8 Å². The van der Waals surface area contributed by atoms with Crippen LogP contribution in [0, 0.1) is 17.0 Å². The van der Waals surface area contributed by atoms with Gasteiger partial charge in [-0.25, -0.2) is 4.79 Å². The average Bonchev–Trinajstić information content (AvgIpc) is 2.42. The predicted molar refractivity (Wildman–Crippen MR) is 79.5 cm³/mol. The molecule has 0 aliphatic rings. The number of aromatic carboxylic acids is 1. The lowest BCUT2D eigenvalue weighted by atomic mass is 10.1. The normalized spacial score (nSPS) is 10.2. The summed E-state index contributed by atoms with van der Waals surface area (Å²) in [5.41, 5.74) is 1.08. The number of hydrogen-bond acceptors (Lipinski definition) is 4. The minimum atomic E-state index is -1.36. The minimum absolute atomic E-state index is 0.380. The molecule has 0 spiro atoms. The minimum Gasteiger partial charge on any atom is -0.477 e. The molecule has 2 aromatic rings. The van der Waals surface area contributed by atoms with Gasteiger partial charge >= 0.3 is 5.97 Å². The Hall–Kier alpha value is -2.60. The lowest BCUT2D eigenvalue weighted by Gasteiger charge is -2.12. The van der Waals surface area contributed by atoms with Crippen molar-refractivity contribution in [3.63, 3.8) is 0 Å². The van der Waals surface area contributed by atoms with Crippen LogP contribution >= 0.6 is 11.6 Å². The third kappa shape index (κ3) is 3.11. The van der Waals surface area contributed by atoms with E-state index in [1.807, 2.05) is 13.0 Å². The van der Waals surface area contributed by atoms with Crippen molar-refractivity contribution in [2.45, 2.75) is 6.92 Å². The summed E-state index contributed by atoms with van der Waals surface area (Å²) in [6.07, 6.45) is 0. The van der Waals surface area contributed by atoms with E-state index in [0.29, 0.717) is 16.4 Å². The molecular formula is C14H11ClN2O4. The van der Waals surface area contributed by atoms with E-state index >= 15 is 0 Å². The first-order chi connectivity index (χ1) is 9.90. The van der Waals surface area contributed by atoms with Gasteiger partial charge in [-0.3, -0.25) is 10.1 Å². The largest absolute Gasteiger partial charge is 0.477 e. The van der Waals surface area contributed by atoms with Gasteiger partial charge < -0.3 is 10.4 Å². The van der Waals surface area contributed by atoms with Crippen LogP contribution in [-0.2, 0) is 0 Å². The number of carbonyl (C=O) groups is 1. The van der Waals surface area contributed by atoms with Crippen molar-refractivity contribution in [1.29, 1.82) is 0 Å². The van der Waals surface area contributed by atoms with Crippen LogP contribution in [0.4, 0.5) is 17.1 Å². The molecule has 0 aliphatic carbocycles. The molecule has 7 heteroatoms. The SMILES string of the molecule is Cc1cccc(Cl)c1Nc1ccc([N+](=O)[O-])c(C(=O)O)c1. The van der Waals surface area contributed by atoms with Gasteiger partial charge in [-0.05, 0) is 30.7 Å². The fourth-order valence-electron chi connectivity index (χ4n) is 1.88. The first-order valence-electron chi connectivity index (χ1n) is 5.94. The zero-order valence-corrected chi connectivity index (χ0v) is 11.7. The molecule has 0 heterocycles. The summed E-state index contributed by atoms with van der Waals surface area (Å²) >= 11 is 6.08. The van der Waals surface area contributed by atoms with Crippen molar-refractivity contribution in [3.05, 3.63) is 62.7 Å². The summed E-state index contributed by atoms with van der Waals surface area (Å²) in [6.45, 7) is 1.84. The molecular weight excluding hydrogens is 296 g/mol. The first-order valence-corrected chi connectivity index (χ1v) is 6.32. The Balaban J connectivity index is 2.44. The molecule has 0 saturated carbocycles. The molecule has 0 aliphatic heterocycles. The van der Waals surface area contributed by atoms with Gasteiger partial charge in [0.15, 0.2) is 0 Å². The molecule has 21 heavy (non-hydrogen) atoms. The van der Waals surface area contributed by atoms with Crippen LogP contribution in [0.15, 0.2) is 36.4 Å². The lowest BCUT2D eigenvalue weighted by molar-refractivity contribution is -0.385. The zero-order chi connectivity index (χ0) is 15.6. The predicted octanol–water partition coefficient (Wildman–Crippen LogP) is 4.00. The second-order valence-electron chi connectivity index (χ2n) is 4.35. The second kappa shape index (κ2) is 5.80. The Kier molecular flexibility index (Phi) is 4.09. The number of hydrogen-bond donors (Lipinski definition) is 2. The van der Waals surface area contributed by atoms with Crippen LogP contribution in [0.2, 0.25) is 5.02 Å². The van der Waals surface area contributed by atoms with E-state index in [2.05, 4.69) is 5.32 Å². The molecule has 0 amide bonds. The number of carboxylic acid groups (broad SMARTS) is 1. The number of para-hydroxylation sites is 1. The molecule has 0 radical (unpaired) electrons. The summed E-state index contributed by atoms with van der Waals surface area (Å²) in [5.74, 6) is -1.36. The van der Waals surface area contributed by atoms with Gasteiger partial charge in [-0.2, -0.15) is 0 Å². The number of nitro groups is 1. The number of carboxylic acids is 1. The van der Waals surface area contributed by atoms with Crippen molar-refractivity contribution < 1.29 is 14.8 Å². The van der Waals surface area contributed by atoms with Crippen molar-refractivity contribution in [1.82, 2.24) is 0 Å². The molecule has 2 N–H and O–H groups in total. The number of aryl methyl sites for hydroxylation is 1. The van der Waals surface area contributed by atoms with E-state index in [-0.39, 0.29) is 5.56 Å². The quantitative estimate of drug-likeness (QED) is 0.658. The van der Waals surface area contributed by atoms with Crippen LogP contribution in [0.3, 0.4) is 0 Å². The number of nitrogens with zero attached hydrogens (tertiary/aromatic N) is 1. The van der Waals surface area contributed by atoms with Crippen molar-refractivity contribution in [2.75, 3.05) is 5.32 Å². The van der Waals surface area contributed by atoms with Crippen LogP contribution in [0.25, 0.3) is 0 Å². The Morgan fingerprint density at radius 3 is 2.62 bits per heavy atom. The Morgan fingerprint density at radius 1 is 1.33 bits per heavy atom. The van der Waals surface area contributed by atoms with E-state index in [9.17, 15) is 14.9 Å². The van der Waals surface area contributed by atoms with Crippen molar-refractivity contribution in [2.24, 2.45) is 0 Å². The molecule has 0 unspecified atom stereocenters. The maximum atomic E-state index is 11.1. The molecule has 2 aromatic carbocycles. The van der Waals surface area contributed by atoms with Crippen LogP contribution in [-0.4, -0.2) is 16.0 Å². The van der Waals surface area contributed by atoms with Crippen molar-refractivity contribution in [3.8, 4) is 0 Å². The summed E-state index contributed by atoms with van der Waals surface area (Å²) in [6, 6.07) is 9.13. The third-order valence-electron chi connectivity index (χ3n) is 2.91. The standard InChI is InChI=1S/C14H11ClN2O4/c1-8-3-2-4-11(15)13(8)16-9-5-6-12(17(20)21)10(7-9)14(18)19/h2-7,16H,1H3,(H,18,19). The van der Waals surface area contributed by atoms with E-state index in [4.69, 9.17) is 16.7 Å². The van der Waals surface area contributed by atoms with E-state index in [1.165, 1.54) is 12.1 Å². The number of rotatable bonds is 4. The van der Waals surface area contributed by atoms with Crippen LogP contribution in [0.1, 0.15) is 15.9 Å².